The number of piperazine rings is 1. The highest BCUT2D eigenvalue weighted by atomic mass is 16.5. The molecule has 168 valence electrons. The van der Waals surface area contributed by atoms with Crippen LogP contribution >= 0.6 is 0 Å². The highest BCUT2D eigenvalue weighted by molar-refractivity contribution is 5.91. The number of rotatable bonds is 8. The topological polar surface area (TPSA) is 87.9 Å². The first-order valence-electron chi connectivity index (χ1n) is 10.9. The monoisotopic (exact) mass is 426 g/mol. The van der Waals surface area contributed by atoms with Gasteiger partial charge < -0.3 is 25.6 Å². The Balaban J connectivity index is 1.57. The number of carbonyl (C=O) groups excluding carboxylic acids is 2. The maximum atomic E-state index is 13.2. The van der Waals surface area contributed by atoms with Gasteiger partial charge in [0.25, 0.3) is 0 Å². The lowest BCUT2D eigenvalue weighted by Crippen LogP contribution is -2.60. The molecule has 1 aliphatic carbocycles. The molecule has 1 aromatic rings. The molecule has 2 amide bonds. The van der Waals surface area contributed by atoms with Gasteiger partial charge in [-0.1, -0.05) is 42.5 Å². The number of anilines is 1. The third-order valence-electron chi connectivity index (χ3n) is 5.59. The van der Waals surface area contributed by atoms with E-state index in [2.05, 4.69) is 34.5 Å². The first-order valence-corrected chi connectivity index (χ1v) is 10.9. The molecule has 7 nitrogen and oxygen atoms in total. The van der Waals surface area contributed by atoms with Crippen LogP contribution in [0.5, 0.6) is 0 Å². The molecule has 1 aromatic carbocycles. The van der Waals surface area contributed by atoms with E-state index in [9.17, 15) is 9.59 Å². The van der Waals surface area contributed by atoms with Crippen LogP contribution in [0.1, 0.15) is 20.3 Å². The van der Waals surface area contributed by atoms with Crippen LogP contribution in [0.25, 0.3) is 0 Å². The number of nitrogens with two attached hydrogens (primary N) is 1. The maximum Gasteiger partial charge on any atom is 0.247 e. The number of carbonyl (C=O) groups is 2. The number of nitrogens with zero attached hydrogens (tertiary/aromatic N) is 2. The first-order chi connectivity index (χ1) is 14.8. The summed E-state index contributed by atoms with van der Waals surface area (Å²) in [5.41, 5.74) is 6.02. The summed E-state index contributed by atoms with van der Waals surface area (Å²) in [5, 5.41) is 2.81. The third-order valence-corrected chi connectivity index (χ3v) is 5.59. The number of para-hydroxylation sites is 1. The lowest BCUT2D eigenvalue weighted by atomic mass is 10.0. The number of amides is 2. The van der Waals surface area contributed by atoms with E-state index in [0.717, 1.165) is 25.2 Å². The van der Waals surface area contributed by atoms with Gasteiger partial charge in [-0.05, 0) is 32.4 Å². The molecule has 31 heavy (non-hydrogen) atoms. The minimum absolute atomic E-state index is 0.121. The summed E-state index contributed by atoms with van der Waals surface area (Å²) < 4.78 is 5.85. The average molecular weight is 427 g/mol. The van der Waals surface area contributed by atoms with E-state index >= 15 is 0 Å². The Labute approximate surface area is 184 Å². The van der Waals surface area contributed by atoms with Crippen molar-refractivity contribution < 1.29 is 14.3 Å². The van der Waals surface area contributed by atoms with Crippen molar-refractivity contribution in [3.8, 4) is 0 Å². The van der Waals surface area contributed by atoms with Gasteiger partial charge in [0.15, 0.2) is 0 Å². The van der Waals surface area contributed by atoms with Crippen LogP contribution < -0.4 is 16.0 Å². The Bertz CT molecular complexity index is 793. The molecule has 0 saturated carbocycles. The first kappa shape index (κ1) is 23.0. The van der Waals surface area contributed by atoms with Crippen molar-refractivity contribution in [2.24, 2.45) is 11.7 Å². The molecular formula is C24H34N4O3. The molecule has 2 atom stereocenters. The van der Waals surface area contributed by atoms with Gasteiger partial charge in [-0.25, -0.2) is 0 Å². The summed E-state index contributed by atoms with van der Waals surface area (Å²) in [6, 6.07) is 9.43. The van der Waals surface area contributed by atoms with Crippen molar-refractivity contribution in [2.75, 3.05) is 44.3 Å². The predicted octanol–water partition coefficient (Wildman–Crippen LogP) is 1.71. The Morgan fingerprint density at radius 2 is 1.87 bits per heavy atom. The normalized spacial score (nSPS) is 19.9. The summed E-state index contributed by atoms with van der Waals surface area (Å²) >= 11 is 0. The zero-order valence-electron chi connectivity index (χ0n) is 18.5. The van der Waals surface area contributed by atoms with E-state index in [1.54, 1.807) is 18.7 Å². The molecule has 0 bridgehead atoms. The van der Waals surface area contributed by atoms with Crippen LogP contribution in [-0.4, -0.2) is 67.7 Å². The minimum Gasteiger partial charge on any atom is -0.378 e. The fraction of sp³-hybridized carbons (Fsp3) is 0.500. The van der Waals surface area contributed by atoms with Gasteiger partial charge in [0.2, 0.25) is 11.8 Å². The molecule has 1 unspecified atom stereocenters. The van der Waals surface area contributed by atoms with Crippen LogP contribution in [0.2, 0.25) is 0 Å². The van der Waals surface area contributed by atoms with E-state index < -0.39 is 11.6 Å². The second kappa shape index (κ2) is 10.6. The fourth-order valence-electron chi connectivity index (χ4n) is 3.66. The van der Waals surface area contributed by atoms with Crippen LogP contribution in [0.4, 0.5) is 5.69 Å². The van der Waals surface area contributed by atoms with Gasteiger partial charge in [0.05, 0.1) is 18.8 Å². The van der Waals surface area contributed by atoms with E-state index in [1.807, 2.05) is 30.4 Å². The number of allylic oxidation sites excluding steroid dienone is 3. The Morgan fingerprint density at radius 3 is 2.48 bits per heavy atom. The summed E-state index contributed by atoms with van der Waals surface area (Å²) in [7, 11) is 0. The molecule has 3 N–H and O–H groups in total. The zero-order valence-corrected chi connectivity index (χ0v) is 18.5. The zero-order chi connectivity index (χ0) is 22.3. The molecule has 1 heterocycles. The third kappa shape index (κ3) is 6.67. The summed E-state index contributed by atoms with van der Waals surface area (Å²) in [6.07, 6.45) is 9.13. The van der Waals surface area contributed by atoms with Gasteiger partial charge in [-0.15, -0.1) is 0 Å². The van der Waals surface area contributed by atoms with Crippen LogP contribution in [0, 0.1) is 5.92 Å². The van der Waals surface area contributed by atoms with Crippen molar-refractivity contribution in [3.63, 3.8) is 0 Å². The standard InChI is InChI=1S/C24H34N4O3/c1-24(2,25)23(30)26-21(18-31-17-19-9-5-3-6-10-19)22(29)28-15-13-27(14-16-28)20-11-7-4-8-12-20/h3-9,11-12,19,21H,10,13-18,25H2,1-2H3,(H,26,30)/t19?,21-/m1/s1. The van der Waals surface area contributed by atoms with Gasteiger partial charge in [0, 0.05) is 37.8 Å². The highest BCUT2D eigenvalue weighted by Crippen LogP contribution is 2.16. The second-order valence-corrected chi connectivity index (χ2v) is 8.74. The second-order valence-electron chi connectivity index (χ2n) is 8.74. The van der Waals surface area contributed by atoms with E-state index in [4.69, 9.17) is 10.5 Å². The number of nitrogens with one attached hydrogen (secondary N) is 1. The highest BCUT2D eigenvalue weighted by Gasteiger charge is 2.32. The van der Waals surface area contributed by atoms with E-state index in [0.29, 0.717) is 19.7 Å². The van der Waals surface area contributed by atoms with E-state index in [1.165, 1.54) is 0 Å². The van der Waals surface area contributed by atoms with Crippen molar-refractivity contribution in [3.05, 3.63) is 54.6 Å². The summed E-state index contributed by atoms with van der Waals surface area (Å²) in [6.45, 7) is 6.59. The predicted molar refractivity (Wildman–Crippen MR) is 123 cm³/mol. The summed E-state index contributed by atoms with van der Waals surface area (Å²) in [5.74, 6) is -0.195. The number of benzene rings is 1. The van der Waals surface area contributed by atoms with Crippen LogP contribution in [-0.2, 0) is 14.3 Å². The van der Waals surface area contributed by atoms with Crippen LogP contribution in [0.15, 0.2) is 54.6 Å². The maximum absolute atomic E-state index is 13.2. The molecule has 0 aromatic heterocycles. The smallest absolute Gasteiger partial charge is 0.247 e. The van der Waals surface area contributed by atoms with Gasteiger partial charge in [0.1, 0.15) is 6.04 Å². The fourth-order valence-corrected chi connectivity index (χ4v) is 3.66. The quantitative estimate of drug-likeness (QED) is 0.661. The molecule has 1 aliphatic heterocycles. The molecule has 0 spiro atoms. The molecule has 7 heteroatoms. The molecule has 1 saturated heterocycles. The molecule has 1 fully saturated rings. The summed E-state index contributed by atoms with van der Waals surface area (Å²) in [4.78, 5) is 29.8. The average Bonchev–Trinajstić information content (AvgIpc) is 2.78. The number of ether oxygens (including phenoxy) is 1. The van der Waals surface area contributed by atoms with Gasteiger partial charge in [-0.3, -0.25) is 9.59 Å². The van der Waals surface area contributed by atoms with Crippen molar-refractivity contribution in [1.82, 2.24) is 10.2 Å². The van der Waals surface area contributed by atoms with Gasteiger partial charge >= 0.3 is 0 Å². The van der Waals surface area contributed by atoms with Crippen molar-refractivity contribution in [2.45, 2.75) is 31.8 Å². The van der Waals surface area contributed by atoms with Crippen LogP contribution in [0.3, 0.4) is 0 Å². The molecule has 0 radical (unpaired) electrons. The van der Waals surface area contributed by atoms with Crippen molar-refractivity contribution >= 4 is 17.5 Å². The van der Waals surface area contributed by atoms with Gasteiger partial charge in [-0.2, -0.15) is 0 Å². The lowest BCUT2D eigenvalue weighted by Gasteiger charge is -2.38. The lowest BCUT2D eigenvalue weighted by molar-refractivity contribution is -0.139. The Kier molecular flexibility index (Phi) is 7.87. The molecule has 2 aliphatic rings. The number of hydrogen-bond acceptors (Lipinski definition) is 5. The number of hydrogen-bond donors (Lipinski definition) is 2. The SMILES string of the molecule is CC(C)(N)C(=O)N[C@H](COCC1C=CC=CC1)C(=O)N1CCN(c2ccccc2)CC1. The molecular weight excluding hydrogens is 392 g/mol. The Morgan fingerprint density at radius 1 is 1.16 bits per heavy atom. The molecule has 3 rings (SSSR count). The Hall–Kier alpha value is -2.64. The minimum atomic E-state index is -1.07. The van der Waals surface area contributed by atoms with Crippen molar-refractivity contribution in [1.29, 1.82) is 0 Å². The van der Waals surface area contributed by atoms with E-state index in [-0.39, 0.29) is 24.3 Å². The largest absolute Gasteiger partial charge is 0.378 e.